The first-order valence-corrected chi connectivity index (χ1v) is 9.13. The predicted octanol–water partition coefficient (Wildman–Crippen LogP) is 4.37. The molecule has 4 rings (SSSR count). The van der Waals surface area contributed by atoms with Crippen LogP contribution in [-0.2, 0) is 9.47 Å². The van der Waals surface area contributed by atoms with Crippen LogP contribution in [0.5, 0.6) is 0 Å². The van der Waals surface area contributed by atoms with Crippen LogP contribution in [0.4, 0.5) is 0 Å². The minimum atomic E-state index is -0.694. The van der Waals surface area contributed by atoms with E-state index in [1.807, 2.05) is 42.5 Å². The third-order valence-electron chi connectivity index (χ3n) is 4.60. The quantitative estimate of drug-likeness (QED) is 0.461. The number of benzene rings is 2. The van der Waals surface area contributed by atoms with Crippen LogP contribution in [0.25, 0.3) is 28.3 Å². The molecule has 0 saturated carbocycles. The van der Waals surface area contributed by atoms with Gasteiger partial charge in [-0.15, -0.1) is 0 Å². The second-order valence-electron chi connectivity index (χ2n) is 6.36. The van der Waals surface area contributed by atoms with Crippen LogP contribution in [0.2, 0.25) is 0 Å². The highest BCUT2D eigenvalue weighted by atomic mass is 16.5. The number of rotatable bonds is 5. The molecule has 0 aliphatic carbocycles. The summed E-state index contributed by atoms with van der Waals surface area (Å²) in [5.74, 6) is -0.705. The highest BCUT2D eigenvalue weighted by molar-refractivity contribution is 6.07. The zero-order valence-electron chi connectivity index (χ0n) is 16.4. The molecule has 0 unspecified atom stereocenters. The third-order valence-corrected chi connectivity index (χ3v) is 4.60. The fraction of sp³-hybridized carbons (Fsp3) is 0.0870. The Morgan fingerprint density at radius 3 is 2.27 bits per heavy atom. The number of para-hydroxylation sites is 1. The van der Waals surface area contributed by atoms with Crippen molar-refractivity contribution < 1.29 is 23.5 Å². The monoisotopic (exact) mass is 402 g/mol. The largest absolute Gasteiger partial charge is 0.465 e. The van der Waals surface area contributed by atoms with Gasteiger partial charge in [-0.2, -0.15) is 5.10 Å². The number of furan rings is 1. The molecule has 30 heavy (non-hydrogen) atoms. The summed E-state index contributed by atoms with van der Waals surface area (Å²) >= 11 is 0. The fourth-order valence-electron chi connectivity index (χ4n) is 3.22. The summed E-state index contributed by atoms with van der Waals surface area (Å²) < 4.78 is 16.8. The Bertz CT molecular complexity index is 1190. The molecule has 0 bridgehead atoms. The number of carbonyl (C=O) groups excluding carboxylic acids is 2. The lowest BCUT2D eigenvalue weighted by molar-refractivity contribution is 0.0549. The summed E-state index contributed by atoms with van der Waals surface area (Å²) in [7, 11) is 2.51. The maximum absolute atomic E-state index is 12.7. The molecule has 0 amide bonds. The standard InChI is InChI=1S/C23H18N2O5/c1-28-22(26)19-20(16-9-6-8-15(14-16)18-12-7-13-30-18)24-25(21(19)23(27)29-2)17-10-4-3-5-11-17/h3-14H,1-2H3. The number of methoxy groups -OCH3 is 2. The van der Waals surface area contributed by atoms with Crippen molar-refractivity contribution in [3.05, 3.63) is 84.3 Å². The maximum atomic E-state index is 12.7. The second kappa shape index (κ2) is 8.08. The van der Waals surface area contributed by atoms with Crippen LogP contribution in [0, 0.1) is 0 Å². The Labute approximate surface area is 172 Å². The van der Waals surface area contributed by atoms with Gasteiger partial charge in [-0.25, -0.2) is 14.3 Å². The Hall–Kier alpha value is -4.13. The van der Waals surface area contributed by atoms with Gasteiger partial charge in [-0.3, -0.25) is 0 Å². The van der Waals surface area contributed by atoms with Gasteiger partial charge in [0.1, 0.15) is 17.0 Å². The van der Waals surface area contributed by atoms with E-state index in [4.69, 9.17) is 13.9 Å². The molecular formula is C23H18N2O5. The first-order chi connectivity index (χ1) is 14.6. The van der Waals surface area contributed by atoms with Crippen LogP contribution in [0.3, 0.4) is 0 Å². The molecule has 0 aliphatic heterocycles. The zero-order chi connectivity index (χ0) is 21.1. The molecule has 0 fully saturated rings. The molecule has 2 aromatic carbocycles. The maximum Gasteiger partial charge on any atom is 0.357 e. The summed E-state index contributed by atoms with van der Waals surface area (Å²) in [6.45, 7) is 0. The van der Waals surface area contributed by atoms with Gasteiger partial charge in [-0.1, -0.05) is 36.4 Å². The first-order valence-electron chi connectivity index (χ1n) is 9.13. The molecular weight excluding hydrogens is 384 g/mol. The van der Waals surface area contributed by atoms with Crippen molar-refractivity contribution >= 4 is 11.9 Å². The zero-order valence-corrected chi connectivity index (χ0v) is 16.4. The van der Waals surface area contributed by atoms with Crippen molar-refractivity contribution in [2.45, 2.75) is 0 Å². The summed E-state index contributed by atoms with van der Waals surface area (Å²) in [6, 6.07) is 20.0. The van der Waals surface area contributed by atoms with Gasteiger partial charge in [0.15, 0.2) is 5.69 Å². The van der Waals surface area contributed by atoms with Gasteiger partial charge in [0.2, 0.25) is 0 Å². The molecule has 0 radical (unpaired) electrons. The van der Waals surface area contributed by atoms with E-state index in [-0.39, 0.29) is 11.3 Å². The van der Waals surface area contributed by atoms with Gasteiger partial charge >= 0.3 is 11.9 Å². The highest BCUT2D eigenvalue weighted by Gasteiger charge is 2.31. The topological polar surface area (TPSA) is 83.6 Å². The van der Waals surface area contributed by atoms with Gasteiger partial charge in [0.05, 0.1) is 26.2 Å². The van der Waals surface area contributed by atoms with E-state index in [1.54, 1.807) is 30.5 Å². The lowest BCUT2D eigenvalue weighted by Gasteiger charge is -2.07. The van der Waals surface area contributed by atoms with E-state index < -0.39 is 11.9 Å². The average molecular weight is 402 g/mol. The number of aromatic nitrogens is 2. The number of esters is 2. The molecule has 0 N–H and O–H groups in total. The summed E-state index contributed by atoms with van der Waals surface area (Å²) in [5, 5.41) is 4.60. The third kappa shape index (κ3) is 3.37. The molecule has 7 heteroatoms. The van der Waals surface area contributed by atoms with E-state index in [1.165, 1.54) is 18.9 Å². The van der Waals surface area contributed by atoms with Gasteiger partial charge in [0.25, 0.3) is 0 Å². The van der Waals surface area contributed by atoms with Crippen molar-refractivity contribution in [1.29, 1.82) is 0 Å². The minimum Gasteiger partial charge on any atom is -0.465 e. The number of hydrogen-bond acceptors (Lipinski definition) is 6. The smallest absolute Gasteiger partial charge is 0.357 e. The van der Waals surface area contributed by atoms with Crippen molar-refractivity contribution in [3.8, 4) is 28.3 Å². The normalized spacial score (nSPS) is 10.6. The van der Waals surface area contributed by atoms with Crippen LogP contribution < -0.4 is 0 Å². The van der Waals surface area contributed by atoms with E-state index >= 15 is 0 Å². The molecule has 7 nitrogen and oxygen atoms in total. The second-order valence-corrected chi connectivity index (χ2v) is 6.36. The molecule has 2 aromatic heterocycles. The van der Waals surface area contributed by atoms with Crippen LogP contribution in [0.15, 0.2) is 77.4 Å². The fourth-order valence-corrected chi connectivity index (χ4v) is 3.22. The number of nitrogens with zero attached hydrogens (tertiary/aromatic N) is 2. The first kappa shape index (κ1) is 19.2. The summed E-state index contributed by atoms with van der Waals surface area (Å²) in [6.07, 6.45) is 1.58. The van der Waals surface area contributed by atoms with Gasteiger partial charge in [-0.05, 0) is 30.3 Å². The lowest BCUT2D eigenvalue weighted by atomic mass is 10.0. The van der Waals surface area contributed by atoms with Crippen molar-refractivity contribution in [1.82, 2.24) is 9.78 Å². The van der Waals surface area contributed by atoms with Crippen LogP contribution in [-0.4, -0.2) is 35.9 Å². The minimum absolute atomic E-state index is 0.00560. The summed E-state index contributed by atoms with van der Waals surface area (Å²) in [5.41, 5.74) is 2.38. The number of hydrogen-bond donors (Lipinski definition) is 0. The molecule has 0 saturated heterocycles. The predicted molar refractivity (Wildman–Crippen MR) is 109 cm³/mol. The average Bonchev–Trinajstić information content (AvgIpc) is 3.47. The summed E-state index contributed by atoms with van der Waals surface area (Å²) in [4.78, 5) is 25.3. The number of carbonyl (C=O) groups is 2. The Kier molecular flexibility index (Phi) is 5.17. The SMILES string of the molecule is COC(=O)c1c(-c2cccc(-c3ccco3)c2)nn(-c2ccccc2)c1C(=O)OC. The Balaban J connectivity index is 1.98. The van der Waals surface area contributed by atoms with Crippen LogP contribution in [0.1, 0.15) is 20.8 Å². The van der Waals surface area contributed by atoms with Crippen molar-refractivity contribution in [2.24, 2.45) is 0 Å². The molecule has 150 valence electrons. The van der Waals surface area contributed by atoms with Crippen LogP contribution >= 0.6 is 0 Å². The molecule has 2 heterocycles. The van der Waals surface area contributed by atoms with Crippen molar-refractivity contribution in [3.63, 3.8) is 0 Å². The number of ether oxygens (including phenoxy) is 2. The van der Waals surface area contributed by atoms with Crippen molar-refractivity contribution in [2.75, 3.05) is 14.2 Å². The lowest BCUT2D eigenvalue weighted by Crippen LogP contribution is -2.15. The van der Waals surface area contributed by atoms with E-state index in [0.717, 1.165) is 5.56 Å². The Morgan fingerprint density at radius 1 is 0.867 bits per heavy atom. The molecule has 0 atom stereocenters. The Morgan fingerprint density at radius 2 is 1.60 bits per heavy atom. The van der Waals surface area contributed by atoms with Gasteiger partial charge in [0, 0.05) is 11.1 Å². The van der Waals surface area contributed by atoms with E-state index in [9.17, 15) is 9.59 Å². The van der Waals surface area contributed by atoms with E-state index in [0.29, 0.717) is 22.7 Å². The molecule has 0 aliphatic rings. The van der Waals surface area contributed by atoms with E-state index in [2.05, 4.69) is 5.10 Å². The molecule has 0 spiro atoms. The van der Waals surface area contributed by atoms with Gasteiger partial charge < -0.3 is 13.9 Å². The molecule has 4 aromatic rings. The highest BCUT2D eigenvalue weighted by Crippen LogP contribution is 2.32.